The molecule has 4 nitrogen and oxygen atoms in total. The molecule has 0 bridgehead atoms. The second-order valence-electron chi connectivity index (χ2n) is 5.40. The first kappa shape index (κ1) is 17.2. The number of rotatable bonds is 4. The monoisotopic (exact) mass is 370 g/mol. The molecule has 126 valence electrons. The molecule has 3 rings (SSSR count). The summed E-state index contributed by atoms with van der Waals surface area (Å²) in [4.78, 5) is 25.4. The van der Waals surface area contributed by atoms with Gasteiger partial charge >= 0.3 is 0 Å². The van der Waals surface area contributed by atoms with Crippen molar-refractivity contribution in [3.8, 4) is 0 Å². The highest BCUT2D eigenvalue weighted by atomic mass is 35.5. The highest BCUT2D eigenvalue weighted by Gasteiger charge is 2.15. The SMILES string of the molecule is Cc1ccc(NC(=O)c2ccccc2NC(=O)c2cccs2)cc1Cl. The first-order valence-corrected chi connectivity index (χ1v) is 8.82. The molecule has 2 aromatic carbocycles. The van der Waals surface area contributed by atoms with Crippen molar-refractivity contribution >= 4 is 46.1 Å². The van der Waals surface area contributed by atoms with E-state index >= 15 is 0 Å². The summed E-state index contributed by atoms with van der Waals surface area (Å²) in [5.41, 5.74) is 2.36. The number of aryl methyl sites for hydroxylation is 1. The quantitative estimate of drug-likeness (QED) is 0.661. The number of halogens is 1. The van der Waals surface area contributed by atoms with E-state index in [1.54, 1.807) is 48.5 Å². The minimum atomic E-state index is -0.318. The number of anilines is 2. The molecule has 2 amide bonds. The van der Waals surface area contributed by atoms with Crippen molar-refractivity contribution in [1.82, 2.24) is 0 Å². The first-order valence-electron chi connectivity index (χ1n) is 7.56. The minimum absolute atomic E-state index is 0.242. The number of hydrogen-bond acceptors (Lipinski definition) is 3. The Kier molecular flexibility index (Phi) is 5.16. The molecule has 1 aromatic heterocycles. The Labute approximate surface area is 154 Å². The number of thiophene rings is 1. The van der Waals surface area contributed by atoms with Gasteiger partial charge in [0.1, 0.15) is 0 Å². The Morgan fingerprint density at radius 1 is 0.960 bits per heavy atom. The lowest BCUT2D eigenvalue weighted by Crippen LogP contribution is -2.17. The average Bonchev–Trinajstić information content (AvgIpc) is 3.13. The topological polar surface area (TPSA) is 58.2 Å². The molecule has 0 aliphatic carbocycles. The normalized spacial score (nSPS) is 10.3. The van der Waals surface area contributed by atoms with E-state index in [1.165, 1.54) is 11.3 Å². The predicted octanol–water partition coefficient (Wildman–Crippen LogP) is 5.21. The van der Waals surface area contributed by atoms with Gasteiger partial charge in [0, 0.05) is 10.7 Å². The second-order valence-corrected chi connectivity index (χ2v) is 6.75. The van der Waals surface area contributed by atoms with Crippen molar-refractivity contribution < 1.29 is 9.59 Å². The second kappa shape index (κ2) is 7.51. The summed E-state index contributed by atoms with van der Waals surface area (Å²) in [5.74, 6) is -0.560. The van der Waals surface area contributed by atoms with Crippen molar-refractivity contribution in [3.63, 3.8) is 0 Å². The number of nitrogens with one attached hydrogen (secondary N) is 2. The zero-order chi connectivity index (χ0) is 17.8. The van der Waals surface area contributed by atoms with Gasteiger partial charge < -0.3 is 10.6 Å². The highest BCUT2D eigenvalue weighted by Crippen LogP contribution is 2.22. The van der Waals surface area contributed by atoms with Gasteiger partial charge in [0.2, 0.25) is 0 Å². The van der Waals surface area contributed by atoms with Crippen LogP contribution in [0.15, 0.2) is 60.0 Å². The van der Waals surface area contributed by atoms with Crippen LogP contribution in [0.4, 0.5) is 11.4 Å². The number of benzene rings is 2. The van der Waals surface area contributed by atoms with Crippen molar-refractivity contribution in [2.24, 2.45) is 0 Å². The van der Waals surface area contributed by atoms with Gasteiger partial charge in [0.25, 0.3) is 11.8 Å². The van der Waals surface area contributed by atoms with Crippen LogP contribution < -0.4 is 10.6 Å². The molecule has 1 heterocycles. The van der Waals surface area contributed by atoms with Crippen LogP contribution >= 0.6 is 22.9 Å². The van der Waals surface area contributed by atoms with Crippen LogP contribution in [0, 0.1) is 6.92 Å². The summed E-state index contributed by atoms with van der Waals surface area (Å²) in [5, 5.41) is 8.00. The van der Waals surface area contributed by atoms with Crippen LogP contribution in [0.2, 0.25) is 5.02 Å². The van der Waals surface area contributed by atoms with E-state index in [0.717, 1.165) is 5.56 Å². The third-order valence-electron chi connectivity index (χ3n) is 3.59. The number of amides is 2. The molecule has 2 N–H and O–H groups in total. The molecule has 0 aliphatic heterocycles. The maximum Gasteiger partial charge on any atom is 0.265 e. The Morgan fingerprint density at radius 2 is 1.76 bits per heavy atom. The highest BCUT2D eigenvalue weighted by molar-refractivity contribution is 7.12. The molecule has 0 saturated heterocycles. The summed E-state index contributed by atoms with van der Waals surface area (Å²) in [6.07, 6.45) is 0. The van der Waals surface area contributed by atoms with E-state index in [2.05, 4.69) is 10.6 Å². The molecular formula is C19H15ClN2O2S. The lowest BCUT2D eigenvalue weighted by atomic mass is 10.1. The number of carbonyl (C=O) groups is 2. The molecule has 0 saturated carbocycles. The fraction of sp³-hybridized carbons (Fsp3) is 0.0526. The van der Waals surface area contributed by atoms with Gasteiger partial charge in [-0.1, -0.05) is 35.9 Å². The third kappa shape index (κ3) is 4.07. The van der Waals surface area contributed by atoms with Gasteiger partial charge in [0.15, 0.2) is 0 Å². The first-order chi connectivity index (χ1) is 12.0. The molecule has 6 heteroatoms. The van der Waals surface area contributed by atoms with E-state index in [-0.39, 0.29) is 11.8 Å². The Balaban J connectivity index is 1.81. The molecule has 25 heavy (non-hydrogen) atoms. The largest absolute Gasteiger partial charge is 0.322 e. The number of carbonyl (C=O) groups excluding carboxylic acids is 2. The number of para-hydroxylation sites is 1. The van der Waals surface area contributed by atoms with Crippen LogP contribution in [-0.2, 0) is 0 Å². The summed E-state index contributed by atoms with van der Waals surface area (Å²) < 4.78 is 0. The summed E-state index contributed by atoms with van der Waals surface area (Å²) in [6.45, 7) is 1.89. The number of hydrogen-bond donors (Lipinski definition) is 2. The molecular weight excluding hydrogens is 356 g/mol. The molecule has 0 aliphatic rings. The van der Waals surface area contributed by atoms with Gasteiger partial charge in [-0.25, -0.2) is 0 Å². The maximum atomic E-state index is 12.6. The lowest BCUT2D eigenvalue weighted by molar-refractivity contribution is 0.102. The van der Waals surface area contributed by atoms with E-state index in [1.807, 2.05) is 18.4 Å². The van der Waals surface area contributed by atoms with Crippen LogP contribution in [0.3, 0.4) is 0 Å². The van der Waals surface area contributed by atoms with Gasteiger partial charge in [-0.3, -0.25) is 9.59 Å². The van der Waals surface area contributed by atoms with Gasteiger partial charge in [-0.15, -0.1) is 11.3 Å². The van der Waals surface area contributed by atoms with Crippen molar-refractivity contribution in [2.45, 2.75) is 6.92 Å². The fourth-order valence-electron chi connectivity index (χ4n) is 2.25. The van der Waals surface area contributed by atoms with E-state index in [9.17, 15) is 9.59 Å². The Bertz CT molecular complexity index is 923. The van der Waals surface area contributed by atoms with Gasteiger partial charge in [0.05, 0.1) is 16.1 Å². The van der Waals surface area contributed by atoms with Crippen LogP contribution in [0.1, 0.15) is 25.6 Å². The van der Waals surface area contributed by atoms with Gasteiger partial charge in [-0.2, -0.15) is 0 Å². The molecule has 0 atom stereocenters. The molecule has 0 spiro atoms. The van der Waals surface area contributed by atoms with E-state index in [4.69, 9.17) is 11.6 Å². The summed E-state index contributed by atoms with van der Waals surface area (Å²) >= 11 is 7.44. The fourth-order valence-corrected chi connectivity index (χ4v) is 3.05. The van der Waals surface area contributed by atoms with Crippen molar-refractivity contribution in [3.05, 3.63) is 81.0 Å². The molecule has 0 radical (unpaired) electrons. The predicted molar refractivity (Wildman–Crippen MR) is 103 cm³/mol. The minimum Gasteiger partial charge on any atom is -0.322 e. The van der Waals surface area contributed by atoms with Crippen LogP contribution in [-0.4, -0.2) is 11.8 Å². The smallest absolute Gasteiger partial charge is 0.265 e. The average molecular weight is 371 g/mol. The lowest BCUT2D eigenvalue weighted by Gasteiger charge is -2.11. The third-order valence-corrected chi connectivity index (χ3v) is 4.87. The summed E-state index contributed by atoms with van der Waals surface area (Å²) in [7, 11) is 0. The van der Waals surface area contributed by atoms with Crippen LogP contribution in [0.25, 0.3) is 0 Å². The van der Waals surface area contributed by atoms with Gasteiger partial charge in [-0.05, 0) is 48.2 Å². The zero-order valence-corrected chi connectivity index (χ0v) is 14.9. The maximum absolute atomic E-state index is 12.6. The van der Waals surface area contributed by atoms with Crippen molar-refractivity contribution in [1.29, 1.82) is 0 Å². The Hall–Kier alpha value is -2.63. The van der Waals surface area contributed by atoms with Crippen LogP contribution in [0.5, 0.6) is 0 Å². The standard InChI is InChI=1S/C19H15ClN2O2S/c1-12-8-9-13(11-15(12)20)21-18(23)14-5-2-3-6-16(14)22-19(24)17-7-4-10-25-17/h2-11H,1H3,(H,21,23)(H,22,24). The summed E-state index contributed by atoms with van der Waals surface area (Å²) in [6, 6.07) is 15.7. The zero-order valence-electron chi connectivity index (χ0n) is 13.4. The molecule has 0 unspecified atom stereocenters. The molecule has 0 fully saturated rings. The van der Waals surface area contributed by atoms with Crippen molar-refractivity contribution in [2.75, 3.05) is 10.6 Å². The van der Waals surface area contributed by atoms with E-state index < -0.39 is 0 Å². The van der Waals surface area contributed by atoms with E-state index in [0.29, 0.717) is 26.8 Å². The molecule has 3 aromatic rings. The Morgan fingerprint density at radius 3 is 2.48 bits per heavy atom.